The van der Waals surface area contributed by atoms with E-state index in [-0.39, 0.29) is 12.4 Å². The van der Waals surface area contributed by atoms with Crippen LogP contribution in [0, 0.1) is 12.7 Å². The fraction of sp³-hybridized carbons (Fsp3) is 0.455. The highest BCUT2D eigenvalue weighted by molar-refractivity contribution is 5.26. The zero-order chi connectivity index (χ0) is 13.1. The maximum atomic E-state index is 12.7. The number of rotatable bonds is 4. The Morgan fingerprint density at radius 2 is 2.00 bits per heavy atom. The molecule has 1 aromatic rings. The Labute approximate surface area is 96.3 Å². The van der Waals surface area contributed by atoms with Gasteiger partial charge in [-0.15, -0.1) is 0 Å². The normalized spacial score (nSPS) is 13.8. The summed E-state index contributed by atoms with van der Waals surface area (Å²) in [4.78, 5) is 0. The lowest BCUT2D eigenvalue weighted by atomic mass is 10.1. The van der Waals surface area contributed by atoms with Crippen molar-refractivity contribution in [1.29, 1.82) is 0 Å². The van der Waals surface area contributed by atoms with E-state index in [1.807, 2.05) is 0 Å². The Hall–Kier alpha value is -1.14. The molecule has 0 radical (unpaired) electrons. The molecule has 0 saturated carbocycles. The van der Waals surface area contributed by atoms with E-state index in [2.05, 4.69) is 5.32 Å². The molecule has 1 aromatic carbocycles. The van der Waals surface area contributed by atoms with Crippen LogP contribution in [0.3, 0.4) is 0 Å². The smallest absolute Gasteiger partial charge is 0.382 e. The molecule has 0 spiro atoms. The quantitative estimate of drug-likeness (QED) is 0.804. The van der Waals surface area contributed by atoms with Gasteiger partial charge >= 0.3 is 6.18 Å². The van der Waals surface area contributed by atoms with Gasteiger partial charge in [-0.05, 0) is 30.2 Å². The van der Waals surface area contributed by atoms with Crippen molar-refractivity contribution >= 4 is 0 Å². The lowest BCUT2D eigenvalue weighted by Gasteiger charge is -2.15. The molecule has 0 aliphatic rings. The molecular weight excluding hydrogens is 238 g/mol. The molecule has 0 heterocycles. The van der Waals surface area contributed by atoms with Gasteiger partial charge in [-0.2, -0.15) is 13.2 Å². The number of aliphatic hydroxyl groups is 1. The predicted molar refractivity (Wildman–Crippen MR) is 54.9 cm³/mol. The van der Waals surface area contributed by atoms with Crippen molar-refractivity contribution < 1.29 is 22.7 Å². The van der Waals surface area contributed by atoms with E-state index in [1.165, 1.54) is 18.2 Å². The van der Waals surface area contributed by atoms with Crippen LogP contribution in [0.2, 0.25) is 0 Å². The minimum Gasteiger partial charge on any atom is -0.382 e. The lowest BCUT2D eigenvalue weighted by molar-refractivity contribution is -0.201. The van der Waals surface area contributed by atoms with Gasteiger partial charge in [0, 0.05) is 13.1 Å². The Bertz CT molecular complexity index is 378. The monoisotopic (exact) mass is 251 g/mol. The third-order valence-electron chi connectivity index (χ3n) is 2.34. The van der Waals surface area contributed by atoms with E-state index in [9.17, 15) is 17.6 Å². The summed E-state index contributed by atoms with van der Waals surface area (Å²) in [5.41, 5.74) is 1.35. The summed E-state index contributed by atoms with van der Waals surface area (Å²) in [5.74, 6) is -0.387. The standard InChI is InChI=1S/C11H13F4NO/c1-7-4-9(12)3-2-8(7)5-16-6-10(17)11(13,14)15/h2-4,10,16-17H,5-6H2,1H3. The molecule has 0 bridgehead atoms. The second-order valence-electron chi connectivity index (χ2n) is 3.76. The molecule has 2 N–H and O–H groups in total. The van der Waals surface area contributed by atoms with Gasteiger partial charge < -0.3 is 10.4 Å². The maximum Gasteiger partial charge on any atom is 0.415 e. The molecule has 0 amide bonds. The molecule has 1 rings (SSSR count). The Balaban J connectivity index is 2.46. The van der Waals surface area contributed by atoms with Gasteiger partial charge in [0.05, 0.1) is 0 Å². The highest BCUT2D eigenvalue weighted by Crippen LogP contribution is 2.19. The molecule has 1 unspecified atom stereocenters. The Morgan fingerprint density at radius 3 is 2.53 bits per heavy atom. The van der Waals surface area contributed by atoms with Crippen molar-refractivity contribution in [1.82, 2.24) is 5.32 Å². The van der Waals surface area contributed by atoms with Gasteiger partial charge in [0.25, 0.3) is 0 Å². The summed E-state index contributed by atoms with van der Waals surface area (Å²) < 4.78 is 48.6. The van der Waals surface area contributed by atoms with E-state index in [0.29, 0.717) is 11.1 Å². The number of halogens is 4. The van der Waals surface area contributed by atoms with Crippen molar-refractivity contribution in [2.45, 2.75) is 25.7 Å². The fourth-order valence-electron chi connectivity index (χ4n) is 1.32. The molecule has 17 heavy (non-hydrogen) atoms. The summed E-state index contributed by atoms with van der Waals surface area (Å²) in [6.45, 7) is 1.24. The molecule has 2 nitrogen and oxygen atoms in total. The molecule has 0 aromatic heterocycles. The van der Waals surface area contributed by atoms with Crippen LogP contribution >= 0.6 is 0 Å². The first kappa shape index (κ1) is 13.9. The van der Waals surface area contributed by atoms with Crippen LogP contribution in [-0.4, -0.2) is 23.9 Å². The van der Waals surface area contributed by atoms with Gasteiger partial charge in [0.1, 0.15) is 5.82 Å². The number of alkyl halides is 3. The van der Waals surface area contributed by atoms with Gasteiger partial charge in [0.15, 0.2) is 6.10 Å². The topological polar surface area (TPSA) is 32.3 Å². The van der Waals surface area contributed by atoms with Crippen LogP contribution in [-0.2, 0) is 6.54 Å². The van der Waals surface area contributed by atoms with Gasteiger partial charge in [0.2, 0.25) is 0 Å². The minimum absolute atomic E-state index is 0.152. The average molecular weight is 251 g/mol. The highest BCUT2D eigenvalue weighted by atomic mass is 19.4. The largest absolute Gasteiger partial charge is 0.415 e. The van der Waals surface area contributed by atoms with Crippen molar-refractivity contribution in [2.75, 3.05) is 6.54 Å². The number of hydrogen-bond acceptors (Lipinski definition) is 2. The summed E-state index contributed by atoms with van der Waals surface area (Å²) in [7, 11) is 0. The zero-order valence-corrected chi connectivity index (χ0v) is 9.18. The zero-order valence-electron chi connectivity index (χ0n) is 9.18. The first-order valence-corrected chi connectivity index (χ1v) is 5.01. The summed E-state index contributed by atoms with van der Waals surface area (Å²) >= 11 is 0. The molecule has 96 valence electrons. The van der Waals surface area contributed by atoms with Gasteiger partial charge in [-0.25, -0.2) is 4.39 Å². The van der Waals surface area contributed by atoms with Gasteiger partial charge in [-0.1, -0.05) is 6.07 Å². The minimum atomic E-state index is -4.62. The maximum absolute atomic E-state index is 12.7. The van der Waals surface area contributed by atoms with Crippen LogP contribution in [0.4, 0.5) is 17.6 Å². The van der Waals surface area contributed by atoms with Crippen molar-refractivity contribution in [3.8, 4) is 0 Å². The van der Waals surface area contributed by atoms with E-state index in [0.717, 1.165) is 0 Å². The summed E-state index contributed by atoms with van der Waals surface area (Å²) in [6, 6.07) is 4.04. The first-order valence-electron chi connectivity index (χ1n) is 5.01. The summed E-state index contributed by atoms with van der Waals surface area (Å²) in [5, 5.41) is 11.2. The second-order valence-corrected chi connectivity index (χ2v) is 3.76. The molecule has 0 aliphatic carbocycles. The van der Waals surface area contributed by atoms with E-state index >= 15 is 0 Å². The van der Waals surface area contributed by atoms with Crippen molar-refractivity contribution in [3.63, 3.8) is 0 Å². The molecule has 0 saturated heterocycles. The SMILES string of the molecule is Cc1cc(F)ccc1CNCC(O)C(F)(F)F. The van der Waals surface area contributed by atoms with Crippen LogP contribution in [0.1, 0.15) is 11.1 Å². The average Bonchev–Trinajstić information content (AvgIpc) is 2.19. The van der Waals surface area contributed by atoms with Crippen LogP contribution < -0.4 is 5.32 Å². The van der Waals surface area contributed by atoms with Crippen LogP contribution in [0.5, 0.6) is 0 Å². The molecule has 6 heteroatoms. The Kier molecular flexibility index (Phi) is 4.47. The number of nitrogens with one attached hydrogen (secondary N) is 1. The van der Waals surface area contributed by atoms with Crippen LogP contribution in [0.15, 0.2) is 18.2 Å². The van der Waals surface area contributed by atoms with E-state index < -0.39 is 18.8 Å². The lowest BCUT2D eigenvalue weighted by Crippen LogP contribution is -2.38. The third kappa shape index (κ3) is 4.32. The molecule has 0 aliphatic heterocycles. The highest BCUT2D eigenvalue weighted by Gasteiger charge is 2.37. The number of aliphatic hydroxyl groups excluding tert-OH is 1. The molecular formula is C11H13F4NO. The van der Waals surface area contributed by atoms with Gasteiger partial charge in [-0.3, -0.25) is 0 Å². The van der Waals surface area contributed by atoms with E-state index in [1.54, 1.807) is 6.92 Å². The number of hydrogen-bond donors (Lipinski definition) is 2. The predicted octanol–water partition coefficient (Wildman–Crippen LogP) is 2.15. The summed E-state index contributed by atoms with van der Waals surface area (Å²) in [6.07, 6.45) is -7.01. The van der Waals surface area contributed by atoms with Crippen molar-refractivity contribution in [2.24, 2.45) is 0 Å². The number of aryl methyl sites for hydroxylation is 1. The number of benzene rings is 1. The molecule has 0 fully saturated rings. The Morgan fingerprint density at radius 1 is 1.35 bits per heavy atom. The van der Waals surface area contributed by atoms with Crippen molar-refractivity contribution in [3.05, 3.63) is 35.1 Å². The van der Waals surface area contributed by atoms with Crippen LogP contribution in [0.25, 0.3) is 0 Å². The third-order valence-corrected chi connectivity index (χ3v) is 2.34. The molecule has 1 atom stereocenters. The van der Waals surface area contributed by atoms with E-state index in [4.69, 9.17) is 5.11 Å². The fourth-order valence-corrected chi connectivity index (χ4v) is 1.32. The second kappa shape index (κ2) is 5.46. The first-order chi connectivity index (χ1) is 7.80.